The molecule has 1 aliphatic heterocycles. The molecular formula is C12H23NO. The van der Waals surface area contributed by atoms with E-state index in [2.05, 4.69) is 12.2 Å². The normalized spacial score (nSPS) is 19.4. The second-order valence-electron chi connectivity index (χ2n) is 4.00. The fourth-order valence-corrected chi connectivity index (χ4v) is 1.76. The van der Waals surface area contributed by atoms with Crippen molar-refractivity contribution in [1.29, 1.82) is 0 Å². The Morgan fingerprint density at radius 2 is 1.79 bits per heavy atom. The molecule has 0 fully saturated rings. The third-order valence-electron chi connectivity index (χ3n) is 2.66. The van der Waals surface area contributed by atoms with E-state index in [-0.39, 0.29) is 6.23 Å². The molecule has 0 saturated carbocycles. The highest BCUT2D eigenvalue weighted by Gasteiger charge is 2.08. The topological polar surface area (TPSA) is 21.3 Å². The predicted molar refractivity (Wildman–Crippen MR) is 59.8 cm³/mol. The van der Waals surface area contributed by atoms with Gasteiger partial charge in [0.15, 0.2) is 6.23 Å². The molecule has 0 aliphatic carbocycles. The predicted octanol–water partition coefficient (Wildman–Crippen LogP) is 3.54. The van der Waals surface area contributed by atoms with E-state index in [0.29, 0.717) is 0 Å². The molecule has 2 nitrogen and oxygen atoms in total. The molecule has 0 aromatic carbocycles. The fraction of sp³-hybridized carbons (Fsp3) is 0.833. The van der Waals surface area contributed by atoms with Gasteiger partial charge in [-0.15, -0.1) is 0 Å². The highest BCUT2D eigenvalue weighted by Crippen LogP contribution is 2.11. The Hall–Kier alpha value is -0.660. The monoisotopic (exact) mass is 197 g/mol. The molecule has 0 spiro atoms. The van der Waals surface area contributed by atoms with Crippen molar-refractivity contribution in [1.82, 2.24) is 5.32 Å². The first kappa shape index (κ1) is 11.4. The number of nitrogens with one attached hydrogen (secondary N) is 1. The summed E-state index contributed by atoms with van der Waals surface area (Å²) in [4.78, 5) is 0. The average molecular weight is 197 g/mol. The molecule has 82 valence electrons. The largest absolute Gasteiger partial charge is 0.477 e. The van der Waals surface area contributed by atoms with Crippen LogP contribution in [0.5, 0.6) is 0 Å². The number of rotatable bonds is 8. The number of unbranched alkanes of at least 4 members (excludes halogenated alkanes) is 6. The van der Waals surface area contributed by atoms with E-state index >= 15 is 0 Å². The zero-order valence-corrected chi connectivity index (χ0v) is 9.30. The third-order valence-corrected chi connectivity index (χ3v) is 2.66. The highest BCUT2D eigenvalue weighted by atomic mass is 16.5. The molecule has 1 unspecified atom stereocenters. The standard InChI is InChI=1S/C12H23NO/c1-2-3-4-5-6-7-8-9-12-13-10-11-14-12/h10-13H,2-9H2,1H3. The Labute approximate surface area is 87.7 Å². The van der Waals surface area contributed by atoms with Gasteiger partial charge in [0.2, 0.25) is 0 Å². The summed E-state index contributed by atoms with van der Waals surface area (Å²) < 4.78 is 5.31. The number of hydrogen-bond donors (Lipinski definition) is 1. The van der Waals surface area contributed by atoms with E-state index < -0.39 is 0 Å². The van der Waals surface area contributed by atoms with E-state index in [9.17, 15) is 0 Å². The van der Waals surface area contributed by atoms with Gasteiger partial charge in [0.25, 0.3) is 0 Å². The van der Waals surface area contributed by atoms with Crippen LogP contribution in [-0.2, 0) is 4.74 Å². The highest BCUT2D eigenvalue weighted by molar-refractivity contribution is 4.81. The van der Waals surface area contributed by atoms with Crippen LogP contribution < -0.4 is 5.32 Å². The van der Waals surface area contributed by atoms with Gasteiger partial charge < -0.3 is 10.1 Å². The van der Waals surface area contributed by atoms with Crippen molar-refractivity contribution < 1.29 is 4.74 Å². The van der Waals surface area contributed by atoms with Crippen molar-refractivity contribution >= 4 is 0 Å². The van der Waals surface area contributed by atoms with E-state index in [1.807, 2.05) is 6.20 Å². The quantitative estimate of drug-likeness (QED) is 0.601. The second kappa shape index (κ2) is 7.72. The lowest BCUT2D eigenvalue weighted by Gasteiger charge is -2.10. The van der Waals surface area contributed by atoms with Gasteiger partial charge in [0.1, 0.15) is 6.26 Å². The molecule has 1 atom stereocenters. The molecule has 1 aliphatic rings. The molecule has 0 amide bonds. The van der Waals surface area contributed by atoms with Crippen molar-refractivity contribution in [3.05, 3.63) is 12.5 Å². The number of ether oxygens (including phenoxy) is 1. The van der Waals surface area contributed by atoms with Crippen LogP contribution in [0.25, 0.3) is 0 Å². The minimum absolute atomic E-state index is 0.255. The molecule has 0 aromatic heterocycles. The summed E-state index contributed by atoms with van der Waals surface area (Å²) >= 11 is 0. The average Bonchev–Trinajstić information content (AvgIpc) is 2.69. The van der Waals surface area contributed by atoms with Crippen molar-refractivity contribution in [2.24, 2.45) is 0 Å². The maximum atomic E-state index is 5.31. The van der Waals surface area contributed by atoms with Crippen LogP contribution in [0.4, 0.5) is 0 Å². The molecule has 1 N–H and O–H groups in total. The summed E-state index contributed by atoms with van der Waals surface area (Å²) in [6, 6.07) is 0. The lowest BCUT2D eigenvalue weighted by atomic mass is 10.1. The summed E-state index contributed by atoms with van der Waals surface area (Å²) in [6.45, 7) is 2.26. The molecule has 0 bridgehead atoms. The smallest absolute Gasteiger partial charge is 0.168 e. The molecule has 0 aromatic rings. The summed E-state index contributed by atoms with van der Waals surface area (Å²) in [6.07, 6.45) is 14.6. The Bertz CT molecular complexity index is 148. The van der Waals surface area contributed by atoms with Crippen LogP contribution in [-0.4, -0.2) is 6.23 Å². The van der Waals surface area contributed by atoms with E-state index in [4.69, 9.17) is 4.74 Å². The van der Waals surface area contributed by atoms with Crippen molar-refractivity contribution in [2.75, 3.05) is 0 Å². The van der Waals surface area contributed by atoms with Gasteiger partial charge in [-0.25, -0.2) is 0 Å². The van der Waals surface area contributed by atoms with Gasteiger partial charge in [0, 0.05) is 12.6 Å². The lowest BCUT2D eigenvalue weighted by molar-refractivity contribution is 0.139. The van der Waals surface area contributed by atoms with E-state index in [1.165, 1.54) is 44.9 Å². The minimum Gasteiger partial charge on any atom is -0.477 e. The molecule has 14 heavy (non-hydrogen) atoms. The Kier molecular flexibility index (Phi) is 6.29. The summed E-state index contributed by atoms with van der Waals surface area (Å²) in [5, 5.41) is 3.17. The third kappa shape index (κ3) is 5.15. The molecule has 2 heteroatoms. The molecular weight excluding hydrogens is 174 g/mol. The Morgan fingerprint density at radius 1 is 1.07 bits per heavy atom. The van der Waals surface area contributed by atoms with Crippen molar-refractivity contribution in [3.63, 3.8) is 0 Å². The summed E-state index contributed by atoms with van der Waals surface area (Å²) in [5.41, 5.74) is 0. The summed E-state index contributed by atoms with van der Waals surface area (Å²) in [7, 11) is 0. The van der Waals surface area contributed by atoms with Gasteiger partial charge in [-0.1, -0.05) is 45.4 Å². The van der Waals surface area contributed by atoms with Gasteiger partial charge in [-0.3, -0.25) is 0 Å². The SMILES string of the molecule is CCCCCCCCCC1NC=CO1. The lowest BCUT2D eigenvalue weighted by Crippen LogP contribution is -2.20. The fourth-order valence-electron chi connectivity index (χ4n) is 1.76. The maximum absolute atomic E-state index is 5.31. The first-order valence-electron chi connectivity index (χ1n) is 6.00. The van der Waals surface area contributed by atoms with Crippen molar-refractivity contribution in [2.45, 2.75) is 64.5 Å². The first-order valence-corrected chi connectivity index (χ1v) is 6.00. The first-order chi connectivity index (χ1) is 6.93. The zero-order chi connectivity index (χ0) is 10.1. The molecule has 1 rings (SSSR count). The van der Waals surface area contributed by atoms with Gasteiger partial charge >= 0.3 is 0 Å². The molecule has 0 radical (unpaired) electrons. The van der Waals surface area contributed by atoms with Crippen LogP contribution in [0.1, 0.15) is 58.3 Å². The minimum atomic E-state index is 0.255. The second-order valence-corrected chi connectivity index (χ2v) is 4.00. The Morgan fingerprint density at radius 3 is 2.43 bits per heavy atom. The van der Waals surface area contributed by atoms with Crippen LogP contribution in [0, 0.1) is 0 Å². The van der Waals surface area contributed by atoms with Gasteiger partial charge in [-0.05, 0) is 6.42 Å². The molecule has 0 saturated heterocycles. The summed E-state index contributed by atoms with van der Waals surface area (Å²) in [5.74, 6) is 0. The van der Waals surface area contributed by atoms with Crippen LogP contribution in [0.2, 0.25) is 0 Å². The number of hydrogen-bond acceptors (Lipinski definition) is 2. The van der Waals surface area contributed by atoms with Gasteiger partial charge in [0.05, 0.1) is 0 Å². The van der Waals surface area contributed by atoms with Crippen LogP contribution in [0.3, 0.4) is 0 Å². The zero-order valence-electron chi connectivity index (χ0n) is 9.30. The molecule has 1 heterocycles. The van der Waals surface area contributed by atoms with Crippen LogP contribution in [0.15, 0.2) is 12.5 Å². The van der Waals surface area contributed by atoms with E-state index in [0.717, 1.165) is 6.42 Å². The van der Waals surface area contributed by atoms with Crippen LogP contribution >= 0.6 is 0 Å². The van der Waals surface area contributed by atoms with E-state index in [1.54, 1.807) is 6.26 Å². The maximum Gasteiger partial charge on any atom is 0.168 e. The van der Waals surface area contributed by atoms with Crippen molar-refractivity contribution in [3.8, 4) is 0 Å². The van der Waals surface area contributed by atoms with Gasteiger partial charge in [-0.2, -0.15) is 0 Å². The Balaban J connectivity index is 1.75.